The molecule has 1 atom stereocenters. The smallest absolute Gasteiger partial charge is 0.317 e. The highest BCUT2D eigenvalue weighted by molar-refractivity contribution is 5.74. The van der Waals surface area contributed by atoms with Gasteiger partial charge in [0, 0.05) is 42.8 Å². The molecule has 2 aromatic rings. The summed E-state index contributed by atoms with van der Waals surface area (Å²) in [4.78, 5) is 14.2. The van der Waals surface area contributed by atoms with Crippen molar-refractivity contribution in [2.75, 3.05) is 24.1 Å². The highest BCUT2D eigenvalue weighted by Gasteiger charge is 2.41. The average Bonchev–Trinajstić information content (AvgIpc) is 2.70. The molecule has 1 spiro atoms. The van der Waals surface area contributed by atoms with Gasteiger partial charge >= 0.3 is 6.03 Å². The van der Waals surface area contributed by atoms with Crippen LogP contribution in [-0.4, -0.2) is 34.7 Å². The minimum Gasteiger partial charge on any atom is -0.396 e. The van der Waals surface area contributed by atoms with E-state index >= 15 is 0 Å². The number of nitrogens with zero attached hydrogens (tertiary/aromatic N) is 1. The van der Waals surface area contributed by atoms with E-state index in [1.54, 1.807) is 17.0 Å². The van der Waals surface area contributed by atoms with Crippen molar-refractivity contribution in [2.24, 2.45) is 0 Å². The molecule has 6 nitrogen and oxygen atoms in total. The number of nitrogens with one attached hydrogen (secondary N) is 2. The van der Waals surface area contributed by atoms with Gasteiger partial charge in [0.05, 0.1) is 11.8 Å². The second-order valence-electron chi connectivity index (χ2n) is 7.86. The molecule has 1 saturated heterocycles. The van der Waals surface area contributed by atoms with Crippen molar-refractivity contribution >= 4 is 17.4 Å². The molecule has 0 bridgehead atoms. The fourth-order valence-corrected chi connectivity index (χ4v) is 4.18. The van der Waals surface area contributed by atoms with E-state index in [-0.39, 0.29) is 29.6 Å². The third kappa shape index (κ3) is 3.98. The number of halogens is 2. The summed E-state index contributed by atoms with van der Waals surface area (Å²) in [6.45, 7) is 1.27. The molecule has 2 aromatic carbocycles. The third-order valence-electron chi connectivity index (χ3n) is 5.87. The number of hydrogen-bond acceptors (Lipinski definition) is 4. The average molecular weight is 402 g/mol. The van der Waals surface area contributed by atoms with E-state index in [2.05, 4.69) is 10.6 Å². The molecule has 2 aliphatic heterocycles. The lowest BCUT2D eigenvalue weighted by Gasteiger charge is -2.47. The highest BCUT2D eigenvalue weighted by atomic mass is 19.1. The summed E-state index contributed by atoms with van der Waals surface area (Å²) in [5.74, 6) is -0.869. The van der Waals surface area contributed by atoms with E-state index in [1.807, 2.05) is 0 Å². The Balaban J connectivity index is 1.35. The summed E-state index contributed by atoms with van der Waals surface area (Å²) in [6, 6.07) is 8.65. The third-order valence-corrected chi connectivity index (χ3v) is 5.87. The number of amides is 2. The monoisotopic (exact) mass is 402 g/mol. The number of hydrogen-bond donors (Lipinski definition) is 4. The lowest BCUT2D eigenvalue weighted by molar-refractivity contribution is 0.0988. The standard InChI is InChI=1S/C21H24F2N4O2/c22-14-2-4-18-15(10-14)19(28)11-21(26-18)5-7-27(8-6-21)20(29)25-12-13-1-3-17(24)16(23)9-13/h1-4,9-10,19,26,28H,5-8,11-12,24H2,(H,25,29). The second-order valence-corrected chi connectivity index (χ2v) is 7.86. The zero-order valence-corrected chi connectivity index (χ0v) is 15.9. The van der Waals surface area contributed by atoms with Gasteiger partial charge in [-0.25, -0.2) is 13.6 Å². The number of fused-ring (bicyclic) bond motifs is 1. The molecule has 2 aliphatic rings. The second kappa shape index (κ2) is 7.51. The number of anilines is 2. The van der Waals surface area contributed by atoms with Crippen molar-refractivity contribution in [3.63, 3.8) is 0 Å². The molecule has 8 heteroatoms. The van der Waals surface area contributed by atoms with E-state index < -0.39 is 11.9 Å². The Morgan fingerprint density at radius 3 is 2.72 bits per heavy atom. The van der Waals surface area contributed by atoms with E-state index in [1.165, 1.54) is 24.3 Å². The number of benzene rings is 2. The molecule has 1 fully saturated rings. The summed E-state index contributed by atoms with van der Waals surface area (Å²) in [7, 11) is 0. The van der Waals surface area contributed by atoms with Crippen LogP contribution in [0.15, 0.2) is 36.4 Å². The number of carbonyl (C=O) groups is 1. The van der Waals surface area contributed by atoms with Gasteiger partial charge in [-0.1, -0.05) is 6.07 Å². The Bertz CT molecular complexity index is 929. The number of aliphatic hydroxyl groups excluding tert-OH is 1. The van der Waals surface area contributed by atoms with Crippen LogP contribution in [0.2, 0.25) is 0 Å². The van der Waals surface area contributed by atoms with Crippen molar-refractivity contribution in [2.45, 2.75) is 37.5 Å². The lowest BCUT2D eigenvalue weighted by Crippen LogP contribution is -2.54. The number of carbonyl (C=O) groups excluding carboxylic acids is 1. The van der Waals surface area contributed by atoms with Crippen LogP contribution >= 0.6 is 0 Å². The topological polar surface area (TPSA) is 90.6 Å². The Hall–Kier alpha value is -2.87. The van der Waals surface area contributed by atoms with Crippen LogP contribution in [0.5, 0.6) is 0 Å². The number of aliphatic hydroxyl groups is 1. The summed E-state index contributed by atoms with van der Waals surface area (Å²) in [5.41, 5.74) is 7.18. The maximum atomic E-state index is 13.5. The number of urea groups is 1. The van der Waals surface area contributed by atoms with Gasteiger partial charge in [0.2, 0.25) is 0 Å². The van der Waals surface area contributed by atoms with Crippen LogP contribution in [0, 0.1) is 11.6 Å². The van der Waals surface area contributed by atoms with Gasteiger partial charge in [-0.2, -0.15) is 0 Å². The van der Waals surface area contributed by atoms with Crippen molar-refractivity contribution in [3.05, 3.63) is 59.2 Å². The molecule has 4 rings (SSSR count). The molecule has 0 aromatic heterocycles. The van der Waals surface area contributed by atoms with E-state index in [4.69, 9.17) is 5.73 Å². The first-order valence-corrected chi connectivity index (χ1v) is 9.68. The van der Waals surface area contributed by atoms with Crippen LogP contribution < -0.4 is 16.4 Å². The fraction of sp³-hybridized carbons (Fsp3) is 0.381. The Kier molecular flexibility index (Phi) is 5.04. The first-order chi connectivity index (χ1) is 13.8. The van der Waals surface area contributed by atoms with Crippen LogP contribution in [0.25, 0.3) is 0 Å². The van der Waals surface area contributed by atoms with Crippen LogP contribution in [0.1, 0.15) is 36.5 Å². The molecule has 0 saturated carbocycles. The zero-order valence-electron chi connectivity index (χ0n) is 15.9. The first-order valence-electron chi connectivity index (χ1n) is 9.68. The van der Waals surface area contributed by atoms with Crippen molar-refractivity contribution in [1.82, 2.24) is 10.2 Å². The lowest BCUT2D eigenvalue weighted by atomic mass is 9.77. The van der Waals surface area contributed by atoms with E-state index in [0.717, 1.165) is 5.69 Å². The minimum atomic E-state index is -0.734. The van der Waals surface area contributed by atoms with Gasteiger partial charge in [-0.05, 0) is 48.7 Å². The van der Waals surface area contributed by atoms with Crippen LogP contribution in [-0.2, 0) is 6.54 Å². The van der Waals surface area contributed by atoms with E-state index in [0.29, 0.717) is 43.5 Å². The Labute approximate surface area is 167 Å². The van der Waals surface area contributed by atoms with Crippen molar-refractivity contribution in [1.29, 1.82) is 0 Å². The molecule has 154 valence electrons. The summed E-state index contributed by atoms with van der Waals surface area (Å²) >= 11 is 0. The number of nitrogens with two attached hydrogens (primary N) is 1. The molecule has 0 radical (unpaired) electrons. The normalized spacial score (nSPS) is 20.1. The summed E-state index contributed by atoms with van der Waals surface area (Å²) in [6.07, 6.45) is 1.09. The van der Waals surface area contributed by atoms with Gasteiger partial charge in [-0.3, -0.25) is 0 Å². The molecule has 1 unspecified atom stereocenters. The Morgan fingerprint density at radius 2 is 2.00 bits per heavy atom. The van der Waals surface area contributed by atoms with Crippen molar-refractivity contribution < 1.29 is 18.7 Å². The van der Waals surface area contributed by atoms with E-state index in [9.17, 15) is 18.7 Å². The number of likely N-dealkylation sites (tertiary alicyclic amines) is 1. The maximum Gasteiger partial charge on any atom is 0.317 e. The summed E-state index contributed by atoms with van der Waals surface area (Å²) < 4.78 is 27.0. The number of rotatable bonds is 2. The van der Waals surface area contributed by atoms with Gasteiger partial charge in [0.25, 0.3) is 0 Å². The zero-order chi connectivity index (χ0) is 20.6. The minimum absolute atomic E-state index is 0.0767. The molecule has 29 heavy (non-hydrogen) atoms. The quantitative estimate of drug-likeness (QED) is 0.581. The molecule has 5 N–H and O–H groups in total. The van der Waals surface area contributed by atoms with Crippen molar-refractivity contribution in [3.8, 4) is 0 Å². The SMILES string of the molecule is Nc1ccc(CNC(=O)N2CCC3(CC2)CC(O)c2cc(F)ccc2N3)cc1F. The highest BCUT2D eigenvalue weighted by Crippen LogP contribution is 2.42. The van der Waals surface area contributed by atoms with Gasteiger partial charge in [-0.15, -0.1) is 0 Å². The Morgan fingerprint density at radius 1 is 1.24 bits per heavy atom. The van der Waals surface area contributed by atoms with Crippen LogP contribution in [0.4, 0.5) is 25.0 Å². The largest absolute Gasteiger partial charge is 0.396 e. The molecule has 0 aliphatic carbocycles. The number of piperidine rings is 1. The van der Waals surface area contributed by atoms with Gasteiger partial charge in [0.15, 0.2) is 0 Å². The van der Waals surface area contributed by atoms with Crippen LogP contribution in [0.3, 0.4) is 0 Å². The first kappa shape index (κ1) is 19.4. The molecular formula is C21H24F2N4O2. The fourth-order valence-electron chi connectivity index (χ4n) is 4.18. The predicted octanol–water partition coefficient (Wildman–Crippen LogP) is 3.14. The maximum absolute atomic E-state index is 13.5. The number of nitrogen functional groups attached to an aromatic ring is 1. The predicted molar refractivity (Wildman–Crippen MR) is 106 cm³/mol. The van der Waals surface area contributed by atoms with Gasteiger partial charge in [0.1, 0.15) is 11.6 Å². The van der Waals surface area contributed by atoms with Gasteiger partial charge < -0.3 is 26.4 Å². The molecular weight excluding hydrogens is 378 g/mol. The molecule has 2 amide bonds. The summed E-state index contributed by atoms with van der Waals surface area (Å²) in [5, 5.41) is 16.8. The molecule has 2 heterocycles.